The molecule has 0 amide bonds. The van der Waals surface area contributed by atoms with Crippen LogP contribution in [0.5, 0.6) is 0 Å². The molecule has 21 heavy (non-hydrogen) atoms. The minimum Gasteiger partial charge on any atom is -0.329 e. The molecule has 0 saturated carbocycles. The lowest BCUT2D eigenvalue weighted by Crippen LogP contribution is -2.12. The van der Waals surface area contributed by atoms with Crippen molar-refractivity contribution in [2.24, 2.45) is 5.14 Å². The minimum absolute atomic E-state index is 0.0205. The lowest BCUT2D eigenvalue weighted by molar-refractivity contribution is 0.594. The van der Waals surface area contributed by atoms with Crippen molar-refractivity contribution in [2.45, 2.75) is 31.3 Å². The molecule has 1 aromatic carbocycles. The Morgan fingerprint density at radius 3 is 2.67 bits per heavy atom. The zero-order valence-corrected chi connectivity index (χ0v) is 13.1. The minimum atomic E-state index is -3.89. The van der Waals surface area contributed by atoms with Gasteiger partial charge < -0.3 is 4.57 Å². The number of hydrogen-bond acceptors (Lipinski definition) is 3. The van der Waals surface area contributed by atoms with E-state index < -0.39 is 15.8 Å². The molecule has 0 unspecified atom stereocenters. The third-order valence-electron chi connectivity index (χ3n) is 2.94. The van der Waals surface area contributed by atoms with Crippen LogP contribution in [0.4, 0.5) is 4.39 Å². The van der Waals surface area contributed by atoms with E-state index in [4.69, 9.17) is 16.7 Å². The van der Waals surface area contributed by atoms with Gasteiger partial charge in [0.25, 0.3) is 10.0 Å². The van der Waals surface area contributed by atoms with Crippen LogP contribution in [0.3, 0.4) is 0 Å². The summed E-state index contributed by atoms with van der Waals surface area (Å²) in [5.41, 5.74) is 0.539. The van der Waals surface area contributed by atoms with Crippen molar-refractivity contribution >= 4 is 21.6 Å². The standard InChI is InChI=1S/C13H15ClFN3O2S/c1-8(2)13-17-12(21(16,19)20)7-18(13)6-9-5-10(15)3-4-11(9)14/h3-5,7-8H,6H2,1-2H3,(H2,16,19,20). The Hall–Kier alpha value is -1.44. The molecule has 8 heteroatoms. The van der Waals surface area contributed by atoms with Gasteiger partial charge in [0.2, 0.25) is 0 Å². The number of nitrogens with zero attached hydrogens (tertiary/aromatic N) is 2. The summed E-state index contributed by atoms with van der Waals surface area (Å²) in [6.45, 7) is 3.96. The van der Waals surface area contributed by atoms with Gasteiger partial charge in [-0.05, 0) is 23.8 Å². The van der Waals surface area contributed by atoms with Crippen molar-refractivity contribution in [1.82, 2.24) is 9.55 Å². The summed E-state index contributed by atoms with van der Waals surface area (Å²) in [6, 6.07) is 4.03. The second-order valence-electron chi connectivity index (χ2n) is 5.00. The van der Waals surface area contributed by atoms with Gasteiger partial charge >= 0.3 is 0 Å². The van der Waals surface area contributed by atoms with Crippen molar-refractivity contribution < 1.29 is 12.8 Å². The highest BCUT2D eigenvalue weighted by Crippen LogP contribution is 2.22. The zero-order valence-electron chi connectivity index (χ0n) is 11.5. The fourth-order valence-electron chi connectivity index (χ4n) is 1.98. The van der Waals surface area contributed by atoms with E-state index in [1.54, 1.807) is 4.57 Å². The maximum absolute atomic E-state index is 13.3. The van der Waals surface area contributed by atoms with Crippen LogP contribution >= 0.6 is 11.6 Å². The summed E-state index contributed by atoms with van der Waals surface area (Å²) in [7, 11) is -3.89. The smallest absolute Gasteiger partial charge is 0.257 e. The van der Waals surface area contributed by atoms with E-state index in [2.05, 4.69) is 4.98 Å². The topological polar surface area (TPSA) is 78.0 Å². The van der Waals surface area contributed by atoms with Crippen LogP contribution in [0.1, 0.15) is 31.2 Å². The van der Waals surface area contributed by atoms with Crippen LogP contribution in [-0.2, 0) is 16.6 Å². The Bertz CT molecular complexity index is 772. The summed E-state index contributed by atoms with van der Waals surface area (Å²) < 4.78 is 37.7. The first-order valence-corrected chi connectivity index (χ1v) is 8.14. The van der Waals surface area contributed by atoms with Gasteiger partial charge in [-0.1, -0.05) is 25.4 Å². The van der Waals surface area contributed by atoms with Crippen LogP contribution in [-0.4, -0.2) is 18.0 Å². The van der Waals surface area contributed by atoms with E-state index in [1.165, 1.54) is 24.4 Å². The molecular weight excluding hydrogens is 317 g/mol. The molecule has 0 atom stereocenters. The van der Waals surface area contributed by atoms with Crippen LogP contribution < -0.4 is 5.14 Å². The molecule has 2 aromatic rings. The van der Waals surface area contributed by atoms with Gasteiger partial charge in [0, 0.05) is 17.1 Å². The maximum Gasteiger partial charge on any atom is 0.257 e. The number of imidazole rings is 1. The molecule has 0 saturated heterocycles. The Labute approximate surface area is 127 Å². The van der Waals surface area contributed by atoms with Crippen LogP contribution in [0.15, 0.2) is 29.4 Å². The first kappa shape index (κ1) is 15.9. The average Bonchev–Trinajstić information content (AvgIpc) is 2.78. The van der Waals surface area contributed by atoms with E-state index in [0.29, 0.717) is 16.4 Å². The molecule has 0 radical (unpaired) electrons. The predicted molar refractivity (Wildman–Crippen MR) is 78.2 cm³/mol. The molecule has 0 fully saturated rings. The number of rotatable bonds is 4. The second kappa shape index (κ2) is 5.75. The Kier molecular flexibility index (Phi) is 4.36. The number of nitrogens with two attached hydrogens (primary N) is 1. The van der Waals surface area contributed by atoms with Gasteiger partial charge in [-0.15, -0.1) is 0 Å². The van der Waals surface area contributed by atoms with Gasteiger partial charge in [-0.25, -0.2) is 22.9 Å². The average molecular weight is 332 g/mol. The number of sulfonamides is 1. The van der Waals surface area contributed by atoms with Crippen LogP contribution in [0.25, 0.3) is 0 Å². The largest absolute Gasteiger partial charge is 0.329 e. The highest BCUT2D eigenvalue weighted by Gasteiger charge is 2.19. The fraction of sp³-hybridized carbons (Fsp3) is 0.308. The maximum atomic E-state index is 13.3. The molecule has 0 aliphatic heterocycles. The molecule has 1 heterocycles. The molecule has 0 bridgehead atoms. The number of primary sulfonamides is 1. The van der Waals surface area contributed by atoms with Gasteiger partial charge in [-0.3, -0.25) is 0 Å². The molecule has 0 aliphatic carbocycles. The first-order valence-electron chi connectivity index (χ1n) is 6.22. The lowest BCUT2D eigenvalue weighted by Gasteiger charge is -2.11. The molecule has 5 nitrogen and oxygen atoms in total. The Morgan fingerprint density at radius 2 is 2.10 bits per heavy atom. The summed E-state index contributed by atoms with van der Waals surface area (Å²) in [6.07, 6.45) is 1.34. The van der Waals surface area contributed by atoms with Gasteiger partial charge in [0.1, 0.15) is 11.6 Å². The fourth-order valence-corrected chi connectivity index (χ4v) is 2.65. The third-order valence-corrected chi connectivity index (χ3v) is 4.09. The van der Waals surface area contributed by atoms with E-state index in [1.807, 2.05) is 13.8 Å². The second-order valence-corrected chi connectivity index (χ2v) is 6.92. The highest BCUT2D eigenvalue weighted by atomic mass is 35.5. The van der Waals surface area contributed by atoms with Crippen LogP contribution in [0, 0.1) is 5.82 Å². The van der Waals surface area contributed by atoms with Gasteiger partial charge in [0.05, 0.1) is 6.54 Å². The summed E-state index contributed by atoms with van der Waals surface area (Å²) >= 11 is 6.03. The normalized spacial score (nSPS) is 12.1. The van der Waals surface area contributed by atoms with E-state index in [-0.39, 0.29) is 17.5 Å². The summed E-state index contributed by atoms with van der Waals surface area (Å²) in [4.78, 5) is 4.04. The van der Waals surface area contributed by atoms with Crippen molar-refractivity contribution in [3.63, 3.8) is 0 Å². The van der Waals surface area contributed by atoms with Gasteiger partial charge in [0.15, 0.2) is 5.03 Å². The molecule has 0 aliphatic rings. The molecule has 2 rings (SSSR count). The van der Waals surface area contributed by atoms with Gasteiger partial charge in [-0.2, -0.15) is 0 Å². The summed E-state index contributed by atoms with van der Waals surface area (Å²) in [5.74, 6) is 0.111. The van der Waals surface area contributed by atoms with Crippen molar-refractivity contribution in [1.29, 1.82) is 0 Å². The number of benzene rings is 1. The molecule has 0 spiro atoms. The number of hydrogen-bond donors (Lipinski definition) is 1. The van der Waals surface area contributed by atoms with Crippen molar-refractivity contribution in [3.8, 4) is 0 Å². The Morgan fingerprint density at radius 1 is 1.43 bits per heavy atom. The quantitative estimate of drug-likeness (QED) is 0.935. The third kappa shape index (κ3) is 3.61. The molecule has 1 aromatic heterocycles. The van der Waals surface area contributed by atoms with Crippen LogP contribution in [0.2, 0.25) is 5.02 Å². The highest BCUT2D eigenvalue weighted by molar-refractivity contribution is 7.89. The first-order chi connectivity index (χ1) is 9.68. The molecule has 2 N–H and O–H groups in total. The molecule has 114 valence electrons. The lowest BCUT2D eigenvalue weighted by atomic mass is 10.2. The van der Waals surface area contributed by atoms with Crippen molar-refractivity contribution in [3.05, 3.63) is 46.6 Å². The molecular formula is C13H15ClFN3O2S. The van der Waals surface area contributed by atoms with E-state index in [0.717, 1.165) is 0 Å². The van der Waals surface area contributed by atoms with E-state index >= 15 is 0 Å². The number of aromatic nitrogens is 2. The monoisotopic (exact) mass is 331 g/mol. The number of halogens is 2. The summed E-state index contributed by atoms with van der Waals surface area (Å²) in [5, 5.41) is 5.29. The SMILES string of the molecule is CC(C)c1nc(S(N)(=O)=O)cn1Cc1cc(F)ccc1Cl. The Balaban J connectivity index is 2.48. The zero-order chi connectivity index (χ0) is 15.8. The van der Waals surface area contributed by atoms with E-state index in [9.17, 15) is 12.8 Å². The predicted octanol–water partition coefficient (Wildman–Crippen LogP) is 2.49. The van der Waals surface area contributed by atoms with Crippen molar-refractivity contribution in [2.75, 3.05) is 0 Å².